The van der Waals surface area contributed by atoms with E-state index in [0.29, 0.717) is 0 Å². The van der Waals surface area contributed by atoms with Crippen LogP contribution in [0, 0.1) is 6.92 Å². The van der Waals surface area contributed by atoms with Crippen molar-refractivity contribution in [1.29, 1.82) is 0 Å². The predicted molar refractivity (Wildman–Crippen MR) is 70.7 cm³/mol. The van der Waals surface area contributed by atoms with E-state index in [9.17, 15) is 9.59 Å². The quantitative estimate of drug-likeness (QED) is 0.843. The van der Waals surface area contributed by atoms with Crippen LogP contribution in [0.4, 0.5) is 4.79 Å². The van der Waals surface area contributed by atoms with Crippen LogP contribution < -0.4 is 5.32 Å². The van der Waals surface area contributed by atoms with Gasteiger partial charge in [0.05, 0.1) is 12.2 Å². The molecule has 2 N–H and O–H groups in total. The topological polar surface area (TPSA) is 82.5 Å². The van der Waals surface area contributed by atoms with Crippen LogP contribution in [0.5, 0.6) is 0 Å². The van der Waals surface area contributed by atoms with Crippen molar-refractivity contribution in [2.75, 3.05) is 6.54 Å². The van der Waals surface area contributed by atoms with Gasteiger partial charge >= 0.3 is 12.0 Å². The molecule has 104 valence electrons. The molecule has 1 rings (SSSR count). The number of carbonyl (C=O) groups excluding carboxylic acids is 1. The number of hydrogen-bond donors (Lipinski definition) is 2. The van der Waals surface area contributed by atoms with Gasteiger partial charge in [0.25, 0.3) is 0 Å². The lowest BCUT2D eigenvalue weighted by Crippen LogP contribution is -2.46. The van der Waals surface area contributed by atoms with Crippen molar-refractivity contribution in [3.8, 4) is 0 Å². The largest absolute Gasteiger partial charge is 0.480 e. The number of rotatable bonds is 5. The summed E-state index contributed by atoms with van der Waals surface area (Å²) in [4.78, 5) is 28.1. The molecule has 1 heterocycles. The summed E-state index contributed by atoms with van der Waals surface area (Å²) in [7, 11) is 0. The zero-order valence-electron chi connectivity index (χ0n) is 11.4. The number of carboxylic acid groups (broad SMARTS) is 1. The smallest absolute Gasteiger partial charge is 0.323 e. The van der Waals surface area contributed by atoms with E-state index < -0.39 is 12.0 Å². The summed E-state index contributed by atoms with van der Waals surface area (Å²) < 4.78 is 0. The number of carbonyl (C=O) groups is 2. The van der Waals surface area contributed by atoms with Crippen LogP contribution in [0.15, 0.2) is 18.3 Å². The van der Waals surface area contributed by atoms with Crippen molar-refractivity contribution < 1.29 is 14.7 Å². The van der Waals surface area contributed by atoms with Crippen LogP contribution in [-0.2, 0) is 11.3 Å². The molecule has 1 aromatic rings. The standard InChI is InChI=1S/C13H19N3O3/c1-9(2)16(8-12(17)18)13(19)15-7-11-10(3)5-4-6-14-11/h4-6,9H,7-8H2,1-3H3,(H,15,19)(H,17,18). The summed E-state index contributed by atoms with van der Waals surface area (Å²) in [6.45, 7) is 5.42. The second-order valence-corrected chi connectivity index (χ2v) is 4.54. The molecule has 2 amide bonds. The molecule has 6 heteroatoms. The highest BCUT2D eigenvalue weighted by Crippen LogP contribution is 2.04. The number of nitrogens with one attached hydrogen (secondary N) is 1. The first-order valence-corrected chi connectivity index (χ1v) is 6.08. The van der Waals surface area contributed by atoms with Crippen LogP contribution in [-0.4, -0.2) is 39.6 Å². The summed E-state index contributed by atoms with van der Waals surface area (Å²) in [5, 5.41) is 11.5. The van der Waals surface area contributed by atoms with Gasteiger partial charge in [-0.2, -0.15) is 0 Å². The maximum absolute atomic E-state index is 11.9. The van der Waals surface area contributed by atoms with Gasteiger partial charge in [0, 0.05) is 12.2 Å². The SMILES string of the molecule is Cc1cccnc1CNC(=O)N(CC(=O)O)C(C)C. The van der Waals surface area contributed by atoms with Crippen molar-refractivity contribution in [2.24, 2.45) is 0 Å². The van der Waals surface area contributed by atoms with Gasteiger partial charge in [0.2, 0.25) is 0 Å². The van der Waals surface area contributed by atoms with E-state index in [4.69, 9.17) is 5.11 Å². The summed E-state index contributed by atoms with van der Waals surface area (Å²) >= 11 is 0. The Bertz CT molecular complexity index is 460. The Labute approximate surface area is 112 Å². The molecule has 0 atom stereocenters. The van der Waals surface area contributed by atoms with Crippen molar-refractivity contribution in [3.05, 3.63) is 29.6 Å². The summed E-state index contributed by atoms with van der Waals surface area (Å²) in [6.07, 6.45) is 1.66. The Morgan fingerprint density at radius 1 is 1.47 bits per heavy atom. The molecule has 6 nitrogen and oxygen atoms in total. The maximum atomic E-state index is 11.9. The zero-order chi connectivity index (χ0) is 14.4. The number of nitrogens with zero attached hydrogens (tertiary/aromatic N) is 2. The number of pyridine rings is 1. The monoisotopic (exact) mass is 265 g/mol. The van der Waals surface area contributed by atoms with Crippen LogP contribution in [0.3, 0.4) is 0 Å². The molecular weight excluding hydrogens is 246 g/mol. The van der Waals surface area contributed by atoms with E-state index >= 15 is 0 Å². The van der Waals surface area contributed by atoms with E-state index in [1.807, 2.05) is 19.1 Å². The molecule has 0 spiro atoms. The second-order valence-electron chi connectivity index (χ2n) is 4.54. The Balaban J connectivity index is 2.63. The molecule has 0 aliphatic rings. The Kier molecular flexibility index (Phi) is 5.29. The maximum Gasteiger partial charge on any atom is 0.323 e. The van der Waals surface area contributed by atoms with E-state index in [2.05, 4.69) is 10.3 Å². The molecule has 19 heavy (non-hydrogen) atoms. The summed E-state index contributed by atoms with van der Waals surface area (Å²) in [5.74, 6) is -1.03. The fourth-order valence-corrected chi connectivity index (χ4v) is 1.60. The predicted octanol–water partition coefficient (Wildman–Crippen LogP) is 1.39. The van der Waals surface area contributed by atoms with Gasteiger partial charge in [0.1, 0.15) is 6.54 Å². The van der Waals surface area contributed by atoms with Gasteiger partial charge < -0.3 is 15.3 Å². The minimum absolute atomic E-state index is 0.180. The Hall–Kier alpha value is -2.11. The normalized spacial score (nSPS) is 10.3. The van der Waals surface area contributed by atoms with Crippen LogP contribution in [0.1, 0.15) is 25.1 Å². The molecule has 0 aliphatic heterocycles. The molecule has 0 aromatic carbocycles. The minimum atomic E-state index is -1.03. The average molecular weight is 265 g/mol. The lowest BCUT2D eigenvalue weighted by Gasteiger charge is -2.25. The van der Waals surface area contributed by atoms with Crippen LogP contribution >= 0.6 is 0 Å². The fraction of sp³-hybridized carbons (Fsp3) is 0.462. The van der Waals surface area contributed by atoms with Crippen molar-refractivity contribution in [1.82, 2.24) is 15.2 Å². The minimum Gasteiger partial charge on any atom is -0.480 e. The third-order valence-corrected chi connectivity index (χ3v) is 2.71. The fourth-order valence-electron chi connectivity index (χ4n) is 1.60. The molecule has 0 unspecified atom stereocenters. The van der Waals surface area contributed by atoms with Crippen molar-refractivity contribution >= 4 is 12.0 Å². The van der Waals surface area contributed by atoms with Crippen molar-refractivity contribution in [3.63, 3.8) is 0 Å². The number of aromatic nitrogens is 1. The van der Waals surface area contributed by atoms with Crippen LogP contribution in [0.2, 0.25) is 0 Å². The van der Waals surface area contributed by atoms with Crippen LogP contribution in [0.25, 0.3) is 0 Å². The summed E-state index contributed by atoms with van der Waals surface area (Å²) in [5.41, 5.74) is 1.76. The number of carboxylic acids is 1. The average Bonchev–Trinajstić information content (AvgIpc) is 2.34. The Morgan fingerprint density at radius 3 is 2.68 bits per heavy atom. The van der Waals surface area contributed by atoms with Gasteiger partial charge in [-0.15, -0.1) is 0 Å². The van der Waals surface area contributed by atoms with Gasteiger partial charge in [-0.3, -0.25) is 9.78 Å². The lowest BCUT2D eigenvalue weighted by atomic mass is 10.2. The molecule has 0 saturated heterocycles. The highest BCUT2D eigenvalue weighted by molar-refractivity contribution is 5.80. The third-order valence-electron chi connectivity index (χ3n) is 2.71. The number of amides is 2. The highest BCUT2D eigenvalue weighted by Gasteiger charge is 2.19. The highest BCUT2D eigenvalue weighted by atomic mass is 16.4. The second kappa shape index (κ2) is 6.72. The van der Waals surface area contributed by atoms with E-state index in [-0.39, 0.29) is 19.1 Å². The van der Waals surface area contributed by atoms with Gasteiger partial charge in [0.15, 0.2) is 0 Å². The first kappa shape index (κ1) is 14.9. The molecular formula is C13H19N3O3. The molecule has 0 saturated carbocycles. The third kappa shape index (κ3) is 4.57. The number of urea groups is 1. The molecule has 0 bridgehead atoms. The van der Waals surface area contributed by atoms with Gasteiger partial charge in [-0.1, -0.05) is 6.07 Å². The van der Waals surface area contributed by atoms with E-state index in [1.54, 1.807) is 20.0 Å². The molecule has 0 radical (unpaired) electrons. The van der Waals surface area contributed by atoms with E-state index in [1.165, 1.54) is 4.90 Å². The van der Waals surface area contributed by atoms with E-state index in [0.717, 1.165) is 11.3 Å². The van der Waals surface area contributed by atoms with Gasteiger partial charge in [-0.05, 0) is 32.4 Å². The Morgan fingerprint density at radius 2 is 2.16 bits per heavy atom. The summed E-state index contributed by atoms with van der Waals surface area (Å²) in [6, 6.07) is 3.15. The number of aliphatic carboxylic acids is 1. The first-order chi connectivity index (χ1) is 8.91. The number of aryl methyl sites for hydroxylation is 1. The van der Waals surface area contributed by atoms with Crippen molar-refractivity contribution in [2.45, 2.75) is 33.4 Å². The molecule has 0 fully saturated rings. The lowest BCUT2D eigenvalue weighted by molar-refractivity contribution is -0.138. The van der Waals surface area contributed by atoms with Gasteiger partial charge in [-0.25, -0.2) is 4.79 Å². The molecule has 0 aliphatic carbocycles. The zero-order valence-corrected chi connectivity index (χ0v) is 11.4. The first-order valence-electron chi connectivity index (χ1n) is 6.08. The molecule has 1 aromatic heterocycles. The number of hydrogen-bond acceptors (Lipinski definition) is 3.